The average Bonchev–Trinajstić information content (AvgIpc) is 2.78. The van der Waals surface area contributed by atoms with E-state index in [0.717, 1.165) is 48.6 Å². The van der Waals surface area contributed by atoms with Gasteiger partial charge < -0.3 is 14.7 Å². The Labute approximate surface area is 191 Å². The van der Waals surface area contributed by atoms with Crippen LogP contribution in [0.2, 0.25) is 0 Å². The number of hydrogen-bond acceptors (Lipinski definition) is 5. The highest BCUT2D eigenvalue weighted by atomic mass is 16.5. The Hall–Kier alpha value is -2.99. The van der Waals surface area contributed by atoms with E-state index in [1.807, 2.05) is 24.4 Å². The molecule has 0 radical (unpaired) electrons. The molecule has 1 heterocycles. The fourth-order valence-electron chi connectivity index (χ4n) is 3.29. The largest absolute Gasteiger partial charge is 0.480 e. The number of aliphatic carboxylic acids is 1. The Bertz CT molecular complexity index is 879. The molecule has 6 heteroatoms. The minimum absolute atomic E-state index is 0.245. The van der Waals surface area contributed by atoms with Crippen LogP contribution in [0.3, 0.4) is 0 Å². The lowest BCUT2D eigenvalue weighted by Crippen LogP contribution is -2.33. The standard InChI is InChI=1S/C26H35N3O3/c1-4-5-6-7-11-16-23-26(22-14-9-8-10-15-22)27-19-24(28-23)29(21(2)3)17-12-13-18-32-20-25(30)31/h5-11,14-15,19,21H,4,12-13,16-18,20H2,1-3H3,(H,30,31)/b6-5-,11-7-. The van der Waals surface area contributed by atoms with Crippen molar-refractivity contribution < 1.29 is 14.6 Å². The molecule has 0 spiro atoms. The van der Waals surface area contributed by atoms with Gasteiger partial charge in [0, 0.05) is 31.2 Å². The monoisotopic (exact) mass is 437 g/mol. The number of rotatable bonds is 14. The number of anilines is 1. The molecule has 0 aliphatic heterocycles. The maximum Gasteiger partial charge on any atom is 0.329 e. The zero-order valence-electron chi connectivity index (χ0n) is 19.4. The summed E-state index contributed by atoms with van der Waals surface area (Å²) in [6, 6.07) is 10.4. The molecule has 0 aliphatic carbocycles. The van der Waals surface area contributed by atoms with E-state index in [4.69, 9.17) is 19.8 Å². The van der Waals surface area contributed by atoms with E-state index in [-0.39, 0.29) is 12.6 Å². The van der Waals surface area contributed by atoms with Gasteiger partial charge in [0.2, 0.25) is 0 Å². The zero-order valence-corrected chi connectivity index (χ0v) is 19.4. The fraction of sp³-hybridized carbons (Fsp3) is 0.423. The van der Waals surface area contributed by atoms with Gasteiger partial charge in [-0.2, -0.15) is 0 Å². The summed E-state index contributed by atoms with van der Waals surface area (Å²) in [5, 5.41) is 8.66. The molecule has 0 fully saturated rings. The number of carboxylic acids is 1. The molecule has 0 bridgehead atoms. The third-order valence-electron chi connectivity index (χ3n) is 4.89. The van der Waals surface area contributed by atoms with Gasteiger partial charge in [-0.3, -0.25) is 4.98 Å². The second-order valence-corrected chi connectivity index (χ2v) is 7.80. The molecular formula is C26H35N3O3. The molecule has 0 aliphatic rings. The molecule has 0 amide bonds. The highest BCUT2D eigenvalue weighted by molar-refractivity contribution is 5.68. The molecule has 2 aromatic rings. The predicted molar refractivity (Wildman–Crippen MR) is 130 cm³/mol. The number of benzene rings is 1. The topological polar surface area (TPSA) is 75.6 Å². The van der Waals surface area contributed by atoms with Crippen molar-refractivity contribution in [1.82, 2.24) is 9.97 Å². The summed E-state index contributed by atoms with van der Waals surface area (Å²) in [6.45, 7) is 7.40. The Balaban J connectivity index is 2.17. The molecular weight excluding hydrogens is 402 g/mol. The van der Waals surface area contributed by atoms with Crippen molar-refractivity contribution in [2.75, 3.05) is 24.7 Å². The molecule has 0 unspecified atom stereocenters. The summed E-state index contributed by atoms with van der Waals surface area (Å²) in [5.41, 5.74) is 2.92. The Kier molecular flexibility index (Phi) is 11.2. The lowest BCUT2D eigenvalue weighted by molar-refractivity contribution is -0.142. The van der Waals surface area contributed by atoms with Gasteiger partial charge in [-0.25, -0.2) is 9.78 Å². The number of hydrogen-bond donors (Lipinski definition) is 1. The van der Waals surface area contributed by atoms with Gasteiger partial charge in [-0.15, -0.1) is 0 Å². The van der Waals surface area contributed by atoms with Crippen LogP contribution in [-0.4, -0.2) is 46.8 Å². The Morgan fingerprint density at radius 3 is 2.59 bits per heavy atom. The Morgan fingerprint density at radius 1 is 1.16 bits per heavy atom. The van der Waals surface area contributed by atoms with Crippen LogP contribution in [0.15, 0.2) is 60.8 Å². The number of unbranched alkanes of at least 4 members (excludes halogenated alkanes) is 1. The van der Waals surface area contributed by atoms with E-state index in [9.17, 15) is 4.79 Å². The van der Waals surface area contributed by atoms with Crippen LogP contribution in [0.5, 0.6) is 0 Å². The number of ether oxygens (including phenoxy) is 1. The molecule has 32 heavy (non-hydrogen) atoms. The summed E-state index contributed by atoms with van der Waals surface area (Å²) >= 11 is 0. The van der Waals surface area contributed by atoms with Crippen molar-refractivity contribution in [3.05, 3.63) is 66.5 Å². The first-order chi connectivity index (χ1) is 15.5. The maximum atomic E-state index is 10.5. The molecule has 0 atom stereocenters. The van der Waals surface area contributed by atoms with Gasteiger partial charge in [0.15, 0.2) is 0 Å². The van der Waals surface area contributed by atoms with Crippen LogP contribution in [0.25, 0.3) is 11.3 Å². The number of allylic oxidation sites excluding steroid dienone is 4. The fourth-order valence-corrected chi connectivity index (χ4v) is 3.29. The van der Waals surface area contributed by atoms with E-state index < -0.39 is 5.97 Å². The summed E-state index contributed by atoms with van der Waals surface area (Å²) in [4.78, 5) is 22.6. The summed E-state index contributed by atoms with van der Waals surface area (Å²) in [5.74, 6) is -0.0759. The van der Waals surface area contributed by atoms with Gasteiger partial charge in [-0.1, -0.05) is 61.6 Å². The van der Waals surface area contributed by atoms with Gasteiger partial charge in [0.25, 0.3) is 0 Å². The minimum Gasteiger partial charge on any atom is -0.480 e. The van der Waals surface area contributed by atoms with Crippen molar-refractivity contribution in [2.45, 2.75) is 52.5 Å². The first kappa shape index (κ1) is 25.3. The van der Waals surface area contributed by atoms with E-state index in [0.29, 0.717) is 13.0 Å². The van der Waals surface area contributed by atoms with Gasteiger partial charge in [0.1, 0.15) is 12.4 Å². The van der Waals surface area contributed by atoms with E-state index in [1.165, 1.54) is 0 Å². The van der Waals surface area contributed by atoms with Crippen LogP contribution in [0.4, 0.5) is 5.82 Å². The average molecular weight is 438 g/mol. The highest BCUT2D eigenvalue weighted by Gasteiger charge is 2.16. The molecule has 1 aromatic heterocycles. The molecule has 2 rings (SSSR count). The first-order valence-electron chi connectivity index (χ1n) is 11.3. The zero-order chi connectivity index (χ0) is 23.2. The molecule has 0 saturated heterocycles. The number of nitrogens with zero attached hydrogens (tertiary/aromatic N) is 3. The van der Waals surface area contributed by atoms with E-state index >= 15 is 0 Å². The Morgan fingerprint density at radius 2 is 1.91 bits per heavy atom. The third kappa shape index (κ3) is 8.63. The van der Waals surface area contributed by atoms with Gasteiger partial charge in [0.05, 0.1) is 17.6 Å². The van der Waals surface area contributed by atoms with Crippen LogP contribution >= 0.6 is 0 Å². The SMILES string of the molecule is CC/C=C\C=C/Cc1nc(N(CCCCOCC(=O)O)C(C)C)cnc1-c1ccccc1. The van der Waals surface area contributed by atoms with Crippen molar-refractivity contribution in [2.24, 2.45) is 0 Å². The van der Waals surface area contributed by atoms with Gasteiger partial charge >= 0.3 is 5.97 Å². The second kappa shape index (κ2) is 14.1. The van der Waals surface area contributed by atoms with Crippen LogP contribution in [-0.2, 0) is 16.0 Å². The quantitative estimate of drug-likeness (QED) is 0.319. The minimum atomic E-state index is -0.936. The lowest BCUT2D eigenvalue weighted by atomic mass is 10.1. The number of carbonyl (C=O) groups is 1. The lowest BCUT2D eigenvalue weighted by Gasteiger charge is -2.28. The number of aromatic nitrogens is 2. The maximum absolute atomic E-state index is 10.5. The van der Waals surface area contributed by atoms with Crippen LogP contribution in [0.1, 0.15) is 45.7 Å². The van der Waals surface area contributed by atoms with E-state index in [2.05, 4.69) is 62.1 Å². The third-order valence-corrected chi connectivity index (χ3v) is 4.89. The highest BCUT2D eigenvalue weighted by Crippen LogP contribution is 2.24. The second-order valence-electron chi connectivity index (χ2n) is 7.80. The van der Waals surface area contributed by atoms with E-state index in [1.54, 1.807) is 0 Å². The number of carboxylic acid groups (broad SMARTS) is 1. The van der Waals surface area contributed by atoms with Crippen LogP contribution < -0.4 is 4.90 Å². The first-order valence-corrected chi connectivity index (χ1v) is 11.3. The molecule has 0 saturated carbocycles. The summed E-state index contributed by atoms with van der Waals surface area (Å²) in [7, 11) is 0. The van der Waals surface area contributed by atoms with Crippen molar-refractivity contribution in [1.29, 1.82) is 0 Å². The smallest absolute Gasteiger partial charge is 0.329 e. The predicted octanol–water partition coefficient (Wildman–Crippen LogP) is 5.30. The normalized spacial score (nSPS) is 11.6. The molecule has 1 N–H and O–H groups in total. The molecule has 172 valence electrons. The summed E-state index contributed by atoms with van der Waals surface area (Å²) in [6.07, 6.45) is 13.6. The molecule has 1 aromatic carbocycles. The van der Waals surface area contributed by atoms with Crippen molar-refractivity contribution >= 4 is 11.8 Å². The van der Waals surface area contributed by atoms with Crippen molar-refractivity contribution in [3.63, 3.8) is 0 Å². The molecule has 6 nitrogen and oxygen atoms in total. The summed E-state index contributed by atoms with van der Waals surface area (Å²) < 4.78 is 5.14. The van der Waals surface area contributed by atoms with Gasteiger partial charge in [-0.05, 0) is 33.1 Å². The van der Waals surface area contributed by atoms with Crippen molar-refractivity contribution in [3.8, 4) is 11.3 Å². The van der Waals surface area contributed by atoms with Crippen LogP contribution in [0, 0.1) is 0 Å².